The summed E-state index contributed by atoms with van der Waals surface area (Å²) in [6, 6.07) is 1.66. The van der Waals surface area contributed by atoms with E-state index in [1.165, 1.54) is 0 Å². The second-order valence-electron chi connectivity index (χ2n) is 2.97. The monoisotopic (exact) mass is 237 g/mol. The van der Waals surface area contributed by atoms with Crippen molar-refractivity contribution in [2.75, 3.05) is 0 Å². The number of alkyl halides is 3. The molecule has 0 saturated carbocycles. The average molecular weight is 237 g/mol. The van der Waals surface area contributed by atoms with Gasteiger partial charge < -0.3 is 14.3 Å². The van der Waals surface area contributed by atoms with Gasteiger partial charge in [0.25, 0.3) is 0 Å². The Labute approximate surface area is 105 Å². The molecule has 0 aliphatic rings. The molecule has 2 aromatic heterocycles. The molecule has 0 atom stereocenters. The molecular weight excluding hydrogens is 234 g/mol. The van der Waals surface area contributed by atoms with Crippen LogP contribution in [-0.2, 0) is 6.18 Å². The largest absolute Gasteiger partial charge is 1.00 e. The molecule has 0 aromatic carbocycles. The van der Waals surface area contributed by atoms with Crippen LogP contribution in [0.3, 0.4) is 0 Å². The first kappa shape index (κ1) is 13.6. The van der Waals surface area contributed by atoms with Crippen LogP contribution in [0, 0.1) is 0 Å². The molecule has 0 radical (unpaired) electrons. The molecule has 84 valence electrons. The van der Waals surface area contributed by atoms with Gasteiger partial charge in [-0.15, -0.1) is 0 Å². The summed E-state index contributed by atoms with van der Waals surface area (Å²) in [4.78, 5) is 14.2. The van der Waals surface area contributed by atoms with E-state index in [-0.39, 0.29) is 24.4 Å². The molecule has 4 nitrogen and oxygen atoms in total. The van der Waals surface area contributed by atoms with Crippen molar-refractivity contribution < 1.29 is 46.4 Å². The van der Waals surface area contributed by atoms with E-state index in [9.17, 15) is 23.1 Å². The molecule has 0 amide bonds. The number of aromatic nitrogens is 1. The van der Waals surface area contributed by atoms with E-state index in [0.29, 0.717) is 6.07 Å². The first-order valence-electron chi connectivity index (χ1n) is 4.06. The number of halogens is 3. The molecule has 0 aliphatic heterocycles. The Balaban J connectivity index is 0.00000144. The molecule has 0 saturated heterocycles. The maximum absolute atomic E-state index is 12.3. The van der Waals surface area contributed by atoms with Gasteiger partial charge in [0.15, 0.2) is 5.58 Å². The van der Waals surface area contributed by atoms with Gasteiger partial charge in [0, 0.05) is 17.8 Å². The summed E-state index contributed by atoms with van der Waals surface area (Å²) in [6.45, 7) is 0. The molecule has 2 heterocycles. The van der Waals surface area contributed by atoms with Gasteiger partial charge in [-0.25, -0.2) is 0 Å². The zero-order chi connectivity index (χ0) is 11.9. The number of furan rings is 1. The first-order chi connectivity index (χ1) is 7.39. The zero-order valence-electron chi connectivity index (χ0n) is 8.54. The van der Waals surface area contributed by atoms with Crippen LogP contribution >= 0.6 is 0 Å². The third-order valence-electron chi connectivity index (χ3n) is 1.91. The Kier molecular flexibility index (Phi) is 3.55. The number of rotatable bonds is 1. The van der Waals surface area contributed by atoms with Crippen LogP contribution in [0.1, 0.15) is 16.1 Å². The Morgan fingerprint density at radius 1 is 1.41 bits per heavy atom. The molecule has 0 bridgehead atoms. The molecule has 2 aromatic rings. The van der Waals surface area contributed by atoms with E-state index in [1.54, 1.807) is 0 Å². The van der Waals surface area contributed by atoms with Crippen LogP contribution in [0.15, 0.2) is 22.7 Å². The first-order valence-corrected chi connectivity index (χ1v) is 4.06. The van der Waals surface area contributed by atoms with Crippen molar-refractivity contribution in [2.45, 2.75) is 6.18 Å². The summed E-state index contributed by atoms with van der Waals surface area (Å²) < 4.78 is 41.2. The van der Waals surface area contributed by atoms with Crippen molar-refractivity contribution in [1.29, 1.82) is 0 Å². The fourth-order valence-corrected chi connectivity index (χ4v) is 1.24. The van der Waals surface area contributed by atoms with Crippen LogP contribution in [0.4, 0.5) is 13.2 Å². The number of nitrogens with zero attached hydrogens (tertiary/aromatic N) is 1. The third kappa shape index (κ3) is 2.45. The quantitative estimate of drug-likeness (QED) is 0.549. The van der Waals surface area contributed by atoms with Gasteiger partial charge in [-0.05, 0) is 6.07 Å². The normalized spacial score (nSPS) is 11.2. The van der Waals surface area contributed by atoms with E-state index >= 15 is 0 Å². The minimum absolute atomic E-state index is 0. The Morgan fingerprint density at radius 3 is 2.59 bits per heavy atom. The third-order valence-corrected chi connectivity index (χ3v) is 1.91. The van der Waals surface area contributed by atoms with Crippen LogP contribution < -0.4 is 24.0 Å². The molecular formula is C9H3F3LiNO3. The molecule has 17 heavy (non-hydrogen) atoms. The zero-order valence-corrected chi connectivity index (χ0v) is 8.54. The SMILES string of the molecule is O=C([O-])c1ccnc2cc(C(F)(F)F)oc12.[Li+]. The van der Waals surface area contributed by atoms with Crippen molar-refractivity contribution in [2.24, 2.45) is 0 Å². The topological polar surface area (TPSA) is 66.2 Å². The smallest absolute Gasteiger partial charge is 0.545 e. The number of pyridine rings is 1. The van der Waals surface area contributed by atoms with Gasteiger partial charge in [0.2, 0.25) is 5.76 Å². The van der Waals surface area contributed by atoms with E-state index in [4.69, 9.17) is 0 Å². The number of carbonyl (C=O) groups is 1. The summed E-state index contributed by atoms with van der Waals surface area (Å²) in [7, 11) is 0. The molecule has 0 spiro atoms. The summed E-state index contributed by atoms with van der Waals surface area (Å²) in [6.07, 6.45) is -3.60. The standard InChI is InChI=1S/C9H4F3NO3.Li/c10-9(11,12)6-3-5-7(16-6)4(8(14)15)1-2-13-5;/h1-3H,(H,14,15);/q;+1/p-1. The fourth-order valence-electron chi connectivity index (χ4n) is 1.24. The Bertz CT molecular complexity index is 564. The van der Waals surface area contributed by atoms with E-state index < -0.39 is 29.1 Å². The van der Waals surface area contributed by atoms with Gasteiger partial charge in [-0.3, -0.25) is 4.98 Å². The van der Waals surface area contributed by atoms with Crippen molar-refractivity contribution in [3.8, 4) is 0 Å². The molecule has 0 aliphatic carbocycles. The second-order valence-corrected chi connectivity index (χ2v) is 2.97. The van der Waals surface area contributed by atoms with E-state index in [2.05, 4.69) is 9.40 Å². The fraction of sp³-hybridized carbons (Fsp3) is 0.111. The molecule has 0 N–H and O–H groups in total. The number of carboxylic acid groups (broad SMARTS) is 1. The average Bonchev–Trinajstić information content (AvgIpc) is 2.59. The van der Waals surface area contributed by atoms with Crippen LogP contribution in [0.2, 0.25) is 0 Å². The van der Waals surface area contributed by atoms with Crippen molar-refractivity contribution >= 4 is 17.1 Å². The summed E-state index contributed by atoms with van der Waals surface area (Å²) in [5.41, 5.74) is -1.07. The van der Waals surface area contributed by atoms with Gasteiger partial charge in [0.05, 0.1) is 5.97 Å². The number of hydrogen-bond donors (Lipinski definition) is 0. The van der Waals surface area contributed by atoms with Crippen LogP contribution in [0.5, 0.6) is 0 Å². The summed E-state index contributed by atoms with van der Waals surface area (Å²) >= 11 is 0. The maximum atomic E-state index is 12.3. The minimum atomic E-state index is -4.68. The molecule has 2 rings (SSSR count). The predicted octanol–water partition coefficient (Wildman–Crippen LogP) is -1.79. The molecule has 0 unspecified atom stereocenters. The second kappa shape index (κ2) is 4.43. The van der Waals surface area contributed by atoms with Crippen molar-refractivity contribution in [3.05, 3.63) is 29.7 Å². The summed E-state index contributed by atoms with van der Waals surface area (Å²) in [5, 5.41) is 10.6. The van der Waals surface area contributed by atoms with Crippen molar-refractivity contribution in [3.63, 3.8) is 0 Å². The minimum Gasteiger partial charge on any atom is -0.545 e. The number of hydrogen-bond acceptors (Lipinski definition) is 4. The Morgan fingerprint density at radius 2 is 2.06 bits per heavy atom. The maximum Gasteiger partial charge on any atom is 1.00 e. The number of carbonyl (C=O) groups excluding carboxylic acids is 1. The molecule has 8 heteroatoms. The van der Waals surface area contributed by atoms with Crippen LogP contribution in [0.25, 0.3) is 11.1 Å². The summed E-state index contributed by atoms with van der Waals surface area (Å²) in [5.74, 6) is -2.90. The van der Waals surface area contributed by atoms with Crippen molar-refractivity contribution in [1.82, 2.24) is 4.98 Å². The molecule has 0 fully saturated rings. The number of carboxylic acids is 1. The van der Waals surface area contributed by atoms with E-state index in [1.807, 2.05) is 0 Å². The van der Waals surface area contributed by atoms with Gasteiger partial charge >= 0.3 is 25.0 Å². The van der Waals surface area contributed by atoms with Gasteiger partial charge in [0.1, 0.15) is 5.52 Å². The predicted molar refractivity (Wildman–Crippen MR) is 43.3 cm³/mol. The number of aromatic carboxylic acids is 1. The Hall–Kier alpha value is -1.45. The van der Waals surface area contributed by atoms with Gasteiger partial charge in [-0.2, -0.15) is 13.2 Å². The van der Waals surface area contributed by atoms with Gasteiger partial charge in [-0.1, -0.05) is 0 Å². The number of fused-ring (bicyclic) bond motifs is 1. The van der Waals surface area contributed by atoms with E-state index in [0.717, 1.165) is 12.3 Å². The van der Waals surface area contributed by atoms with Crippen LogP contribution in [-0.4, -0.2) is 11.0 Å².